The first kappa shape index (κ1) is 21.8. The molecule has 0 bridgehead atoms. The molecule has 0 heterocycles. The van der Waals surface area contributed by atoms with Crippen molar-refractivity contribution in [3.05, 3.63) is 58.1 Å². The highest BCUT2D eigenvalue weighted by Gasteiger charge is 2.18. The summed E-state index contributed by atoms with van der Waals surface area (Å²) in [6.45, 7) is 2.17. The number of carbonyl (C=O) groups excluding carboxylic acids is 2. The first-order chi connectivity index (χ1) is 13.8. The molecule has 2 aromatic rings. The van der Waals surface area contributed by atoms with Crippen molar-refractivity contribution in [2.45, 2.75) is 13.3 Å². The Labute approximate surface area is 168 Å². The van der Waals surface area contributed by atoms with Gasteiger partial charge in [-0.2, -0.15) is 0 Å². The van der Waals surface area contributed by atoms with E-state index in [2.05, 4.69) is 10.6 Å². The summed E-state index contributed by atoms with van der Waals surface area (Å²) < 4.78 is 5.10. The molecule has 0 aliphatic rings. The molecule has 0 saturated carbocycles. The molecule has 0 radical (unpaired) electrons. The van der Waals surface area contributed by atoms with Gasteiger partial charge in [0, 0.05) is 11.8 Å². The number of amides is 2. The second-order valence-corrected chi connectivity index (χ2v) is 6.56. The smallest absolute Gasteiger partial charge is 0.279 e. The Balaban J connectivity index is 1.92. The number of quaternary nitrogens is 1. The summed E-state index contributed by atoms with van der Waals surface area (Å²) in [6, 6.07) is 11.5. The summed E-state index contributed by atoms with van der Waals surface area (Å²) in [5.74, 6) is -0.334. The first-order valence-electron chi connectivity index (χ1n) is 9.15. The largest absolute Gasteiger partial charge is 0.494 e. The van der Waals surface area contributed by atoms with Gasteiger partial charge in [0.05, 0.1) is 30.8 Å². The van der Waals surface area contributed by atoms with Crippen LogP contribution < -0.4 is 20.3 Å². The molecule has 0 fully saturated rings. The standard InChI is InChI=1S/C20H24N4O5/c1-4-14-7-5-6-8-16(14)21-19(25)12-23(2)13-20(26)22-17-10-9-15(24(27)28)11-18(17)29-3/h5-11H,4,12-13H2,1-3H3,(H,21,25)(H,22,26)/p+1. The van der Waals surface area contributed by atoms with E-state index in [0.717, 1.165) is 17.7 Å². The summed E-state index contributed by atoms with van der Waals surface area (Å²) in [4.78, 5) is 35.6. The molecule has 2 rings (SSSR count). The van der Waals surface area contributed by atoms with E-state index in [1.165, 1.54) is 25.3 Å². The van der Waals surface area contributed by atoms with Crippen LogP contribution in [0.1, 0.15) is 12.5 Å². The third kappa shape index (κ3) is 6.28. The average molecular weight is 401 g/mol. The fraction of sp³-hybridized carbons (Fsp3) is 0.300. The minimum absolute atomic E-state index is 0.0446. The molecule has 1 unspecified atom stereocenters. The molecule has 0 saturated heterocycles. The monoisotopic (exact) mass is 401 g/mol. The zero-order valence-electron chi connectivity index (χ0n) is 16.7. The van der Waals surface area contributed by atoms with Crippen LogP contribution in [0.4, 0.5) is 17.1 Å². The molecule has 2 amide bonds. The topological polar surface area (TPSA) is 115 Å². The van der Waals surface area contributed by atoms with Gasteiger partial charge in [0.2, 0.25) is 0 Å². The van der Waals surface area contributed by atoms with E-state index in [1.54, 1.807) is 7.05 Å². The van der Waals surface area contributed by atoms with Gasteiger partial charge < -0.3 is 20.3 Å². The lowest BCUT2D eigenvalue weighted by atomic mass is 10.1. The zero-order chi connectivity index (χ0) is 21.4. The van der Waals surface area contributed by atoms with Gasteiger partial charge in [-0.1, -0.05) is 25.1 Å². The lowest BCUT2D eigenvalue weighted by Crippen LogP contribution is -3.11. The average Bonchev–Trinajstić information content (AvgIpc) is 2.68. The van der Waals surface area contributed by atoms with E-state index in [1.807, 2.05) is 31.2 Å². The molecular formula is C20H25N4O5+. The number of likely N-dealkylation sites (N-methyl/N-ethyl adjacent to an activating group) is 1. The van der Waals surface area contributed by atoms with Crippen molar-refractivity contribution in [2.24, 2.45) is 0 Å². The summed E-state index contributed by atoms with van der Waals surface area (Å²) in [5.41, 5.74) is 2.01. The van der Waals surface area contributed by atoms with Crippen molar-refractivity contribution >= 4 is 28.9 Å². The number of benzene rings is 2. The number of nitro benzene ring substituents is 1. The van der Waals surface area contributed by atoms with Gasteiger partial charge in [-0.05, 0) is 24.1 Å². The lowest BCUT2D eigenvalue weighted by molar-refractivity contribution is -0.862. The van der Waals surface area contributed by atoms with Crippen molar-refractivity contribution in [2.75, 3.05) is 37.9 Å². The van der Waals surface area contributed by atoms with Crippen LogP contribution in [-0.2, 0) is 16.0 Å². The number of hydrogen-bond acceptors (Lipinski definition) is 5. The van der Waals surface area contributed by atoms with Crippen LogP contribution in [0.2, 0.25) is 0 Å². The molecule has 0 spiro atoms. The number of anilines is 2. The van der Waals surface area contributed by atoms with Crippen molar-refractivity contribution in [3.63, 3.8) is 0 Å². The van der Waals surface area contributed by atoms with Crippen LogP contribution in [0.5, 0.6) is 5.75 Å². The second kappa shape index (κ2) is 10.2. The van der Waals surface area contributed by atoms with E-state index < -0.39 is 4.92 Å². The van der Waals surface area contributed by atoms with Gasteiger partial charge in [0.25, 0.3) is 17.5 Å². The van der Waals surface area contributed by atoms with Crippen LogP contribution in [-0.4, -0.2) is 44.0 Å². The minimum Gasteiger partial charge on any atom is -0.494 e. The highest BCUT2D eigenvalue weighted by atomic mass is 16.6. The number of para-hydroxylation sites is 1. The van der Waals surface area contributed by atoms with Crippen LogP contribution in [0.25, 0.3) is 0 Å². The Morgan fingerprint density at radius 2 is 1.69 bits per heavy atom. The quantitative estimate of drug-likeness (QED) is 0.432. The predicted octanol–water partition coefficient (Wildman–Crippen LogP) is 1.26. The highest BCUT2D eigenvalue weighted by Crippen LogP contribution is 2.28. The van der Waals surface area contributed by atoms with Gasteiger partial charge in [0.1, 0.15) is 5.75 Å². The van der Waals surface area contributed by atoms with Crippen LogP contribution in [0.3, 0.4) is 0 Å². The van der Waals surface area contributed by atoms with Gasteiger partial charge in [-0.25, -0.2) is 0 Å². The summed E-state index contributed by atoms with van der Waals surface area (Å²) in [7, 11) is 3.10. The third-order valence-corrected chi connectivity index (χ3v) is 4.27. The molecular weight excluding hydrogens is 376 g/mol. The molecule has 29 heavy (non-hydrogen) atoms. The fourth-order valence-corrected chi connectivity index (χ4v) is 2.85. The number of nitro groups is 1. The number of nitrogens with zero attached hydrogens (tertiary/aromatic N) is 1. The Morgan fingerprint density at radius 3 is 2.28 bits per heavy atom. The normalized spacial score (nSPS) is 11.4. The van der Waals surface area contributed by atoms with Crippen molar-refractivity contribution < 1.29 is 24.1 Å². The van der Waals surface area contributed by atoms with E-state index in [9.17, 15) is 19.7 Å². The Bertz CT molecular complexity index is 900. The van der Waals surface area contributed by atoms with Crippen molar-refractivity contribution in [1.29, 1.82) is 0 Å². The van der Waals surface area contributed by atoms with Crippen LogP contribution in [0.15, 0.2) is 42.5 Å². The van der Waals surface area contributed by atoms with E-state index >= 15 is 0 Å². The second-order valence-electron chi connectivity index (χ2n) is 6.56. The fourth-order valence-electron chi connectivity index (χ4n) is 2.85. The molecule has 3 N–H and O–H groups in total. The first-order valence-corrected chi connectivity index (χ1v) is 9.15. The number of hydrogen-bond donors (Lipinski definition) is 3. The SMILES string of the molecule is CCc1ccccc1NC(=O)C[NH+](C)CC(=O)Nc1ccc([N+](=O)[O-])cc1OC. The van der Waals surface area contributed by atoms with Crippen molar-refractivity contribution in [3.8, 4) is 5.75 Å². The van der Waals surface area contributed by atoms with E-state index in [4.69, 9.17) is 4.74 Å². The number of carbonyl (C=O) groups is 2. The maximum absolute atomic E-state index is 12.3. The Hall–Kier alpha value is -3.46. The number of rotatable bonds is 9. The van der Waals surface area contributed by atoms with E-state index in [0.29, 0.717) is 10.6 Å². The maximum atomic E-state index is 12.3. The summed E-state index contributed by atoms with van der Waals surface area (Å²) >= 11 is 0. The molecule has 0 aliphatic carbocycles. The molecule has 0 aliphatic heterocycles. The van der Waals surface area contributed by atoms with Gasteiger partial charge in [-0.3, -0.25) is 19.7 Å². The van der Waals surface area contributed by atoms with Gasteiger partial charge in [0.15, 0.2) is 13.1 Å². The summed E-state index contributed by atoms with van der Waals surface area (Å²) in [5, 5.41) is 16.4. The number of methoxy groups -OCH3 is 1. The van der Waals surface area contributed by atoms with Gasteiger partial charge in [-0.15, -0.1) is 0 Å². The molecule has 9 nitrogen and oxygen atoms in total. The maximum Gasteiger partial charge on any atom is 0.279 e. The Kier molecular flexibility index (Phi) is 7.67. The summed E-state index contributed by atoms with van der Waals surface area (Å²) in [6.07, 6.45) is 0.804. The third-order valence-electron chi connectivity index (χ3n) is 4.27. The molecule has 2 aromatic carbocycles. The minimum atomic E-state index is -0.540. The van der Waals surface area contributed by atoms with E-state index in [-0.39, 0.29) is 36.3 Å². The number of aryl methyl sites for hydroxylation is 1. The van der Waals surface area contributed by atoms with Crippen LogP contribution in [0, 0.1) is 10.1 Å². The number of ether oxygens (including phenoxy) is 1. The molecule has 154 valence electrons. The predicted molar refractivity (Wildman–Crippen MR) is 109 cm³/mol. The molecule has 1 atom stereocenters. The van der Waals surface area contributed by atoms with Crippen LogP contribution >= 0.6 is 0 Å². The molecule has 9 heteroatoms. The highest BCUT2D eigenvalue weighted by molar-refractivity contribution is 5.94. The number of non-ortho nitro benzene ring substituents is 1. The zero-order valence-corrected chi connectivity index (χ0v) is 16.7. The molecule has 0 aromatic heterocycles. The Morgan fingerprint density at radius 1 is 1.07 bits per heavy atom. The van der Waals surface area contributed by atoms with Crippen molar-refractivity contribution in [1.82, 2.24) is 0 Å². The van der Waals surface area contributed by atoms with Gasteiger partial charge >= 0.3 is 0 Å². The lowest BCUT2D eigenvalue weighted by Gasteiger charge is -2.15. The number of nitrogens with one attached hydrogen (secondary N) is 3.